The summed E-state index contributed by atoms with van der Waals surface area (Å²) in [5.74, 6) is 0. The lowest BCUT2D eigenvalue weighted by molar-refractivity contribution is 0.540. The fourth-order valence-electron chi connectivity index (χ4n) is 2.37. The predicted octanol–water partition coefficient (Wildman–Crippen LogP) is 0.384. The summed E-state index contributed by atoms with van der Waals surface area (Å²) in [6.07, 6.45) is 2.36. The van der Waals surface area contributed by atoms with Crippen molar-refractivity contribution >= 4 is 10.0 Å². The molecule has 8 heteroatoms. The van der Waals surface area contributed by atoms with Crippen LogP contribution in [0.2, 0.25) is 0 Å². The van der Waals surface area contributed by atoms with Gasteiger partial charge in [0.05, 0.1) is 0 Å². The quantitative estimate of drug-likeness (QED) is 0.815. The van der Waals surface area contributed by atoms with Crippen molar-refractivity contribution in [1.82, 2.24) is 13.9 Å². The van der Waals surface area contributed by atoms with Crippen molar-refractivity contribution in [2.75, 3.05) is 0 Å². The molecule has 1 N–H and O–H groups in total. The van der Waals surface area contributed by atoms with Crippen LogP contribution in [0.15, 0.2) is 51.0 Å². The lowest BCUT2D eigenvalue weighted by Gasteiger charge is -2.15. The van der Waals surface area contributed by atoms with Crippen molar-refractivity contribution in [3.63, 3.8) is 0 Å². The Morgan fingerprint density at radius 2 is 1.75 bits per heavy atom. The maximum absolute atomic E-state index is 12.5. The average molecular weight is 351 g/mol. The van der Waals surface area contributed by atoms with Gasteiger partial charge >= 0.3 is 5.69 Å². The Labute approximate surface area is 140 Å². The SMILES string of the molecule is C[C@H](CCc1ccccc1)NS(=O)(=O)c1cn(C)c(=O)n(C)c1=O. The Hall–Kier alpha value is -2.19. The zero-order chi connectivity index (χ0) is 17.9. The molecule has 1 aromatic heterocycles. The molecular weight excluding hydrogens is 330 g/mol. The Kier molecular flexibility index (Phi) is 5.40. The van der Waals surface area contributed by atoms with Crippen molar-refractivity contribution in [3.8, 4) is 0 Å². The highest BCUT2D eigenvalue weighted by molar-refractivity contribution is 7.89. The smallest absolute Gasteiger partial charge is 0.302 e. The number of hydrogen-bond acceptors (Lipinski definition) is 4. The fraction of sp³-hybridized carbons (Fsp3) is 0.375. The molecule has 130 valence electrons. The van der Waals surface area contributed by atoms with Crippen LogP contribution >= 0.6 is 0 Å². The second-order valence-corrected chi connectivity index (χ2v) is 7.48. The summed E-state index contributed by atoms with van der Waals surface area (Å²) in [6, 6.07) is 9.38. The molecule has 1 aromatic carbocycles. The standard InChI is InChI=1S/C16H21N3O4S/c1-12(9-10-13-7-5-4-6-8-13)17-24(22,23)14-11-18(2)16(21)19(3)15(14)20/h4-8,11-12,17H,9-10H2,1-3H3/t12-/m1/s1. The summed E-state index contributed by atoms with van der Waals surface area (Å²) >= 11 is 0. The van der Waals surface area contributed by atoms with Crippen LogP contribution in [-0.4, -0.2) is 23.6 Å². The van der Waals surface area contributed by atoms with E-state index >= 15 is 0 Å². The van der Waals surface area contributed by atoms with Gasteiger partial charge in [-0.1, -0.05) is 30.3 Å². The molecule has 1 heterocycles. The van der Waals surface area contributed by atoms with E-state index in [0.29, 0.717) is 6.42 Å². The molecule has 0 aliphatic rings. The monoisotopic (exact) mass is 351 g/mol. The first-order chi connectivity index (χ1) is 11.2. The summed E-state index contributed by atoms with van der Waals surface area (Å²) < 4.78 is 29.3. The van der Waals surface area contributed by atoms with Crippen LogP contribution < -0.4 is 16.0 Å². The van der Waals surface area contributed by atoms with Gasteiger partial charge in [-0.05, 0) is 25.3 Å². The van der Waals surface area contributed by atoms with Crippen LogP contribution in [0, 0.1) is 0 Å². The Morgan fingerprint density at radius 3 is 2.38 bits per heavy atom. The van der Waals surface area contributed by atoms with Crippen LogP contribution in [0.1, 0.15) is 18.9 Å². The van der Waals surface area contributed by atoms with Crippen LogP contribution in [-0.2, 0) is 30.5 Å². The van der Waals surface area contributed by atoms with Gasteiger partial charge in [0.15, 0.2) is 4.90 Å². The second kappa shape index (κ2) is 7.14. The van der Waals surface area contributed by atoms with E-state index in [9.17, 15) is 18.0 Å². The van der Waals surface area contributed by atoms with Gasteiger partial charge in [0.25, 0.3) is 5.56 Å². The molecule has 0 aliphatic heterocycles. The molecule has 2 rings (SSSR count). The Bertz CT molecular complexity index is 930. The van der Waals surface area contributed by atoms with Crippen LogP contribution in [0.4, 0.5) is 0 Å². The largest absolute Gasteiger partial charge is 0.330 e. The van der Waals surface area contributed by atoms with E-state index in [1.807, 2.05) is 30.3 Å². The van der Waals surface area contributed by atoms with Gasteiger partial charge in [-0.25, -0.2) is 17.9 Å². The van der Waals surface area contributed by atoms with Crippen LogP contribution in [0.5, 0.6) is 0 Å². The topological polar surface area (TPSA) is 90.2 Å². The Balaban J connectivity index is 2.17. The molecule has 7 nitrogen and oxygen atoms in total. The van der Waals surface area contributed by atoms with Gasteiger partial charge in [-0.15, -0.1) is 0 Å². The van der Waals surface area contributed by atoms with Crippen molar-refractivity contribution in [2.45, 2.75) is 30.7 Å². The minimum absolute atomic E-state index is 0.350. The number of nitrogens with zero attached hydrogens (tertiary/aromatic N) is 2. The molecule has 2 aromatic rings. The zero-order valence-corrected chi connectivity index (χ0v) is 14.7. The van der Waals surface area contributed by atoms with Crippen molar-refractivity contribution in [3.05, 3.63) is 62.9 Å². The van der Waals surface area contributed by atoms with E-state index in [1.165, 1.54) is 14.1 Å². The van der Waals surface area contributed by atoms with Crippen LogP contribution in [0.25, 0.3) is 0 Å². The van der Waals surface area contributed by atoms with E-state index in [2.05, 4.69) is 4.72 Å². The number of nitrogens with one attached hydrogen (secondary N) is 1. The minimum atomic E-state index is -4.00. The molecule has 0 fully saturated rings. The summed E-state index contributed by atoms with van der Waals surface area (Å²) in [4.78, 5) is 23.3. The number of benzene rings is 1. The predicted molar refractivity (Wildman–Crippen MR) is 91.5 cm³/mol. The molecule has 0 bridgehead atoms. The van der Waals surface area contributed by atoms with Gasteiger partial charge in [0.1, 0.15) is 0 Å². The molecular formula is C16H21N3O4S. The third-order valence-corrected chi connectivity index (χ3v) is 5.34. The third-order valence-electron chi connectivity index (χ3n) is 3.77. The van der Waals surface area contributed by atoms with Gasteiger partial charge in [0, 0.05) is 26.3 Å². The number of sulfonamides is 1. The third kappa shape index (κ3) is 4.01. The molecule has 0 saturated carbocycles. The maximum atomic E-state index is 12.5. The summed E-state index contributed by atoms with van der Waals surface area (Å²) in [6.45, 7) is 1.74. The van der Waals surface area contributed by atoms with E-state index in [1.54, 1.807) is 6.92 Å². The summed E-state index contributed by atoms with van der Waals surface area (Å²) in [5, 5.41) is 0. The number of aryl methyl sites for hydroxylation is 2. The normalized spacial score (nSPS) is 13.0. The first-order valence-electron chi connectivity index (χ1n) is 7.55. The molecule has 0 radical (unpaired) electrons. The van der Waals surface area contributed by atoms with E-state index in [0.717, 1.165) is 27.3 Å². The summed E-state index contributed by atoms with van der Waals surface area (Å²) in [7, 11) is -1.34. The first kappa shape index (κ1) is 18.2. The molecule has 1 atom stereocenters. The summed E-state index contributed by atoms with van der Waals surface area (Å²) in [5.41, 5.74) is -0.293. The first-order valence-corrected chi connectivity index (χ1v) is 9.03. The molecule has 24 heavy (non-hydrogen) atoms. The average Bonchev–Trinajstić information content (AvgIpc) is 2.54. The lowest BCUT2D eigenvalue weighted by Crippen LogP contribution is -2.43. The lowest BCUT2D eigenvalue weighted by atomic mass is 10.1. The second-order valence-electron chi connectivity index (χ2n) is 5.80. The minimum Gasteiger partial charge on any atom is -0.302 e. The number of rotatable bonds is 6. The van der Waals surface area contributed by atoms with Crippen molar-refractivity contribution in [2.24, 2.45) is 14.1 Å². The van der Waals surface area contributed by atoms with Gasteiger partial charge < -0.3 is 4.57 Å². The highest BCUT2D eigenvalue weighted by Gasteiger charge is 2.23. The molecule has 0 saturated heterocycles. The molecule has 0 amide bonds. The van der Waals surface area contributed by atoms with E-state index in [-0.39, 0.29) is 6.04 Å². The van der Waals surface area contributed by atoms with Gasteiger partial charge in [-0.3, -0.25) is 9.36 Å². The number of aromatic nitrogens is 2. The van der Waals surface area contributed by atoms with Gasteiger partial charge in [-0.2, -0.15) is 0 Å². The van der Waals surface area contributed by atoms with Crippen molar-refractivity contribution in [1.29, 1.82) is 0 Å². The Morgan fingerprint density at radius 1 is 1.12 bits per heavy atom. The van der Waals surface area contributed by atoms with Crippen LogP contribution in [0.3, 0.4) is 0 Å². The fourth-order valence-corrected chi connectivity index (χ4v) is 3.81. The molecule has 0 aliphatic carbocycles. The zero-order valence-electron chi connectivity index (χ0n) is 13.9. The molecule has 0 unspecified atom stereocenters. The maximum Gasteiger partial charge on any atom is 0.330 e. The number of hydrogen-bond donors (Lipinski definition) is 1. The van der Waals surface area contributed by atoms with Crippen molar-refractivity contribution < 1.29 is 8.42 Å². The van der Waals surface area contributed by atoms with E-state index in [4.69, 9.17) is 0 Å². The molecule has 0 spiro atoms. The highest BCUT2D eigenvalue weighted by atomic mass is 32.2. The highest BCUT2D eigenvalue weighted by Crippen LogP contribution is 2.08. The van der Waals surface area contributed by atoms with Gasteiger partial charge in [0.2, 0.25) is 10.0 Å². The van der Waals surface area contributed by atoms with E-state index < -0.39 is 26.2 Å².